The Morgan fingerprint density at radius 3 is 3.00 bits per heavy atom. The zero-order valence-corrected chi connectivity index (χ0v) is 5.29. The van der Waals surface area contributed by atoms with Gasteiger partial charge in [-0.15, -0.1) is 10.2 Å². The smallest absolute Gasteiger partial charge is 0.208 e. The van der Waals surface area contributed by atoms with Gasteiger partial charge in [-0.05, 0) is 13.0 Å². The molecule has 0 spiro atoms. The Morgan fingerprint density at radius 1 is 1.70 bits per heavy atom. The van der Waals surface area contributed by atoms with Crippen LogP contribution in [0, 0.1) is 0 Å². The van der Waals surface area contributed by atoms with Gasteiger partial charge in [0.1, 0.15) is 0 Å². The maximum absolute atomic E-state index is 12.7. The quantitative estimate of drug-likeness (QED) is 0.604. The highest BCUT2D eigenvalue weighted by Crippen LogP contribution is 2.13. The van der Waals surface area contributed by atoms with Crippen molar-refractivity contribution >= 4 is 0 Å². The van der Waals surface area contributed by atoms with E-state index in [0.717, 1.165) is 0 Å². The second kappa shape index (κ2) is 3.21. The number of rotatable bonds is 3. The molecule has 0 amide bonds. The first-order chi connectivity index (χ1) is 4.84. The number of H-pyrrole nitrogens is 1. The Balaban J connectivity index is 2.50. The van der Waals surface area contributed by atoms with Crippen LogP contribution in [0.4, 0.5) is 4.39 Å². The molecule has 0 radical (unpaired) electrons. The first-order valence-electron chi connectivity index (χ1n) is 2.92. The normalized spacial score (nSPS) is 13.4. The highest BCUT2D eigenvalue weighted by molar-refractivity contribution is 4.82. The Bertz CT molecular complexity index is 174. The lowest BCUT2D eigenvalue weighted by atomic mass is 10.3. The summed E-state index contributed by atoms with van der Waals surface area (Å²) in [6.45, 7) is 0.287. The van der Waals surface area contributed by atoms with Gasteiger partial charge in [-0.1, -0.05) is 5.21 Å². The lowest BCUT2D eigenvalue weighted by Crippen LogP contribution is -2.04. The molecule has 1 unspecified atom stereocenters. The van der Waals surface area contributed by atoms with E-state index in [9.17, 15) is 4.39 Å². The molecule has 0 saturated heterocycles. The van der Waals surface area contributed by atoms with Crippen LogP contribution < -0.4 is 5.73 Å². The van der Waals surface area contributed by atoms with Crippen molar-refractivity contribution in [3.8, 4) is 0 Å². The molecule has 0 aliphatic heterocycles. The van der Waals surface area contributed by atoms with Gasteiger partial charge in [0.05, 0.1) is 0 Å². The molecule has 56 valence electrons. The fourth-order valence-electron chi connectivity index (χ4n) is 0.578. The molecule has 1 aromatic rings. The van der Waals surface area contributed by atoms with Crippen molar-refractivity contribution in [2.24, 2.45) is 5.73 Å². The number of alkyl halides is 1. The van der Waals surface area contributed by atoms with Crippen molar-refractivity contribution in [3.63, 3.8) is 0 Å². The Morgan fingerprint density at radius 2 is 2.50 bits per heavy atom. The molecule has 6 heteroatoms. The van der Waals surface area contributed by atoms with E-state index in [1.165, 1.54) is 0 Å². The third-order valence-corrected chi connectivity index (χ3v) is 1.06. The summed E-state index contributed by atoms with van der Waals surface area (Å²) in [6.07, 6.45) is -0.955. The average Bonchev–Trinajstić information content (AvgIpc) is 2.38. The van der Waals surface area contributed by atoms with Crippen LogP contribution in [0.3, 0.4) is 0 Å². The number of halogens is 1. The lowest BCUT2D eigenvalue weighted by molar-refractivity contribution is 0.312. The molecule has 3 N–H and O–H groups in total. The highest BCUT2D eigenvalue weighted by atomic mass is 19.1. The monoisotopic (exact) mass is 145 g/mol. The van der Waals surface area contributed by atoms with Gasteiger partial charge in [0.15, 0.2) is 6.17 Å². The Kier molecular flexibility index (Phi) is 2.27. The summed E-state index contributed by atoms with van der Waals surface area (Å²) in [5, 5.41) is 12.3. The number of nitrogens with one attached hydrogen (secondary N) is 1. The third-order valence-electron chi connectivity index (χ3n) is 1.06. The molecule has 1 aromatic heterocycles. The molecule has 1 heterocycles. The summed E-state index contributed by atoms with van der Waals surface area (Å²) in [7, 11) is 0. The van der Waals surface area contributed by atoms with Gasteiger partial charge in [-0.25, -0.2) is 4.39 Å². The van der Waals surface area contributed by atoms with E-state index in [0.29, 0.717) is 0 Å². The van der Waals surface area contributed by atoms with Crippen LogP contribution in [0.15, 0.2) is 0 Å². The lowest BCUT2D eigenvalue weighted by Gasteiger charge is -1.97. The first kappa shape index (κ1) is 7.07. The van der Waals surface area contributed by atoms with E-state index in [-0.39, 0.29) is 18.8 Å². The van der Waals surface area contributed by atoms with Gasteiger partial charge >= 0.3 is 0 Å². The maximum atomic E-state index is 12.7. The maximum Gasteiger partial charge on any atom is 0.208 e. The van der Waals surface area contributed by atoms with E-state index in [1.54, 1.807) is 0 Å². The van der Waals surface area contributed by atoms with Gasteiger partial charge in [-0.2, -0.15) is 5.21 Å². The molecule has 0 aliphatic rings. The molecule has 1 atom stereocenters. The van der Waals surface area contributed by atoms with Crippen molar-refractivity contribution in [2.45, 2.75) is 12.6 Å². The van der Waals surface area contributed by atoms with Gasteiger partial charge in [0.2, 0.25) is 5.82 Å². The van der Waals surface area contributed by atoms with Crippen LogP contribution in [0.1, 0.15) is 18.4 Å². The molecule has 0 aliphatic carbocycles. The molecule has 10 heavy (non-hydrogen) atoms. The zero-order valence-electron chi connectivity index (χ0n) is 5.29. The molecule has 0 aromatic carbocycles. The summed E-state index contributed by atoms with van der Waals surface area (Å²) in [5.74, 6) is 0.0745. The molecule has 0 fully saturated rings. The van der Waals surface area contributed by atoms with Crippen molar-refractivity contribution in [2.75, 3.05) is 6.54 Å². The molecule has 1 rings (SSSR count). The summed E-state index contributed by atoms with van der Waals surface area (Å²) in [6, 6.07) is 0. The van der Waals surface area contributed by atoms with Crippen LogP contribution in [0.25, 0.3) is 0 Å². The summed E-state index contributed by atoms with van der Waals surface area (Å²) in [5.41, 5.74) is 5.11. The fourth-order valence-corrected chi connectivity index (χ4v) is 0.578. The second-order valence-electron chi connectivity index (χ2n) is 1.81. The standard InChI is InChI=1S/C4H8FN5/c5-3(1-2-6)4-7-9-10-8-4/h3H,1-2,6H2,(H,7,8,9,10). The minimum atomic E-state index is -1.19. The van der Waals surface area contributed by atoms with Gasteiger partial charge in [0, 0.05) is 0 Å². The number of hydrogen-bond donors (Lipinski definition) is 2. The predicted octanol–water partition coefficient (Wildman–Crippen LogP) is -0.441. The van der Waals surface area contributed by atoms with Crippen molar-refractivity contribution in [1.82, 2.24) is 20.6 Å². The van der Waals surface area contributed by atoms with Crippen LogP contribution in [-0.2, 0) is 0 Å². The molecule has 5 nitrogen and oxygen atoms in total. The molecular formula is C4H8FN5. The SMILES string of the molecule is NCCC(F)c1nn[nH]n1. The van der Waals surface area contributed by atoms with Crippen molar-refractivity contribution in [3.05, 3.63) is 5.82 Å². The third kappa shape index (κ3) is 1.47. The largest absolute Gasteiger partial charge is 0.330 e. The van der Waals surface area contributed by atoms with Crippen LogP contribution in [0.5, 0.6) is 0 Å². The number of hydrogen-bond acceptors (Lipinski definition) is 4. The van der Waals surface area contributed by atoms with Crippen LogP contribution in [0.2, 0.25) is 0 Å². The summed E-state index contributed by atoms with van der Waals surface area (Å²) < 4.78 is 12.7. The number of tetrazole rings is 1. The molecule has 0 saturated carbocycles. The highest BCUT2D eigenvalue weighted by Gasteiger charge is 2.12. The van der Waals surface area contributed by atoms with Crippen molar-refractivity contribution in [1.29, 1.82) is 0 Å². The summed E-state index contributed by atoms with van der Waals surface area (Å²) in [4.78, 5) is 0. The number of aromatic amines is 1. The van der Waals surface area contributed by atoms with Crippen LogP contribution in [-0.4, -0.2) is 27.2 Å². The number of nitrogens with zero attached hydrogens (tertiary/aromatic N) is 3. The first-order valence-corrected chi connectivity index (χ1v) is 2.92. The second-order valence-corrected chi connectivity index (χ2v) is 1.81. The zero-order chi connectivity index (χ0) is 7.40. The van der Waals surface area contributed by atoms with E-state index >= 15 is 0 Å². The van der Waals surface area contributed by atoms with Gasteiger partial charge < -0.3 is 5.73 Å². The van der Waals surface area contributed by atoms with Gasteiger partial charge in [-0.3, -0.25) is 0 Å². The Hall–Kier alpha value is -1.04. The Labute approximate surface area is 56.8 Å². The molecular weight excluding hydrogens is 137 g/mol. The number of nitrogens with two attached hydrogens (primary N) is 1. The minimum Gasteiger partial charge on any atom is -0.330 e. The van der Waals surface area contributed by atoms with Crippen molar-refractivity contribution < 1.29 is 4.39 Å². The van der Waals surface area contributed by atoms with E-state index < -0.39 is 6.17 Å². The molecule has 0 bridgehead atoms. The van der Waals surface area contributed by atoms with E-state index in [4.69, 9.17) is 5.73 Å². The number of aromatic nitrogens is 4. The fraction of sp³-hybridized carbons (Fsp3) is 0.750. The minimum absolute atomic E-state index is 0.0745. The van der Waals surface area contributed by atoms with E-state index in [1.807, 2.05) is 0 Å². The van der Waals surface area contributed by atoms with E-state index in [2.05, 4.69) is 20.6 Å². The summed E-state index contributed by atoms with van der Waals surface area (Å²) >= 11 is 0. The topological polar surface area (TPSA) is 80.5 Å². The average molecular weight is 145 g/mol. The predicted molar refractivity (Wildman–Crippen MR) is 31.7 cm³/mol. The van der Waals surface area contributed by atoms with Crippen LogP contribution >= 0.6 is 0 Å². The van der Waals surface area contributed by atoms with Gasteiger partial charge in [0.25, 0.3) is 0 Å².